The maximum atomic E-state index is 13.1. The van der Waals surface area contributed by atoms with Crippen LogP contribution in [0.5, 0.6) is 0 Å². The number of para-hydroxylation sites is 2. The number of fused-ring (bicyclic) bond motifs is 1. The maximum absolute atomic E-state index is 13.1. The van der Waals surface area contributed by atoms with E-state index in [4.69, 9.17) is 0 Å². The second-order valence-corrected chi connectivity index (χ2v) is 7.62. The predicted octanol–water partition coefficient (Wildman–Crippen LogP) is 3.11. The first-order valence-electron chi connectivity index (χ1n) is 9.23. The first-order valence-corrected chi connectivity index (χ1v) is 10.1. The Balaban J connectivity index is 1.71. The van der Waals surface area contributed by atoms with E-state index in [1.165, 1.54) is 9.13 Å². The normalized spacial score (nSPS) is 10.9. The number of carbonyl (C=O) groups excluding carboxylic acids is 1. The molecule has 0 bridgehead atoms. The van der Waals surface area contributed by atoms with Crippen LogP contribution in [0.4, 0.5) is 5.69 Å². The Morgan fingerprint density at radius 3 is 2.41 bits per heavy atom. The van der Waals surface area contributed by atoms with Crippen molar-refractivity contribution in [2.24, 2.45) is 0 Å². The van der Waals surface area contributed by atoms with Gasteiger partial charge in [-0.05, 0) is 42.1 Å². The molecule has 6 nitrogen and oxygen atoms in total. The van der Waals surface area contributed by atoms with Crippen LogP contribution in [0.2, 0.25) is 0 Å². The number of nitrogens with zero attached hydrogens (tertiary/aromatic N) is 2. The van der Waals surface area contributed by atoms with Gasteiger partial charge in [0.05, 0.1) is 10.9 Å². The highest BCUT2D eigenvalue weighted by atomic mass is 32.1. The van der Waals surface area contributed by atoms with Crippen LogP contribution in [-0.2, 0) is 24.3 Å². The lowest BCUT2D eigenvalue weighted by atomic mass is 10.2. The van der Waals surface area contributed by atoms with Gasteiger partial charge in [-0.1, -0.05) is 36.4 Å². The first-order chi connectivity index (χ1) is 14.1. The highest BCUT2D eigenvalue weighted by Crippen LogP contribution is 2.11. The van der Waals surface area contributed by atoms with Gasteiger partial charge in [-0.15, -0.1) is 11.3 Å². The molecule has 1 amide bonds. The van der Waals surface area contributed by atoms with Crippen molar-refractivity contribution in [1.82, 2.24) is 9.13 Å². The molecular formula is C22H19N3O3S. The minimum atomic E-state index is -0.478. The van der Waals surface area contributed by atoms with Crippen molar-refractivity contribution in [3.05, 3.63) is 97.8 Å². The van der Waals surface area contributed by atoms with Crippen LogP contribution in [0, 0.1) is 0 Å². The lowest BCUT2D eigenvalue weighted by Gasteiger charge is -2.14. The third-order valence-electron chi connectivity index (χ3n) is 4.65. The van der Waals surface area contributed by atoms with Gasteiger partial charge in [0, 0.05) is 17.1 Å². The van der Waals surface area contributed by atoms with E-state index < -0.39 is 5.69 Å². The number of rotatable bonds is 6. The Labute approximate surface area is 170 Å². The summed E-state index contributed by atoms with van der Waals surface area (Å²) in [5, 5.41) is 5.17. The molecule has 0 aliphatic rings. The van der Waals surface area contributed by atoms with Crippen LogP contribution in [0.3, 0.4) is 0 Å². The van der Waals surface area contributed by atoms with Gasteiger partial charge in [0.15, 0.2) is 0 Å². The summed E-state index contributed by atoms with van der Waals surface area (Å²) >= 11 is 1.59. The second kappa shape index (κ2) is 8.28. The van der Waals surface area contributed by atoms with Gasteiger partial charge in [-0.25, -0.2) is 4.79 Å². The molecule has 0 unspecified atom stereocenters. The van der Waals surface area contributed by atoms with Crippen LogP contribution < -0.4 is 16.6 Å². The monoisotopic (exact) mass is 405 g/mol. The fourth-order valence-electron chi connectivity index (χ4n) is 3.26. The number of benzene rings is 2. The zero-order chi connectivity index (χ0) is 20.2. The van der Waals surface area contributed by atoms with Crippen LogP contribution >= 0.6 is 11.3 Å². The lowest BCUT2D eigenvalue weighted by Crippen LogP contribution is -2.42. The fourth-order valence-corrected chi connectivity index (χ4v) is 3.96. The summed E-state index contributed by atoms with van der Waals surface area (Å²) in [4.78, 5) is 39.6. The Kier molecular flexibility index (Phi) is 5.39. The van der Waals surface area contributed by atoms with Crippen molar-refractivity contribution in [3.8, 4) is 0 Å². The maximum Gasteiger partial charge on any atom is 0.331 e. The topological polar surface area (TPSA) is 73.1 Å². The van der Waals surface area contributed by atoms with Gasteiger partial charge in [-0.2, -0.15) is 0 Å². The van der Waals surface area contributed by atoms with Crippen LogP contribution in [0.1, 0.15) is 4.88 Å². The summed E-state index contributed by atoms with van der Waals surface area (Å²) in [6.07, 6.45) is 0.585. The van der Waals surface area contributed by atoms with E-state index in [1.807, 2.05) is 35.7 Å². The molecule has 0 fully saturated rings. The molecule has 0 atom stereocenters. The van der Waals surface area contributed by atoms with Crippen molar-refractivity contribution in [2.45, 2.75) is 19.5 Å². The van der Waals surface area contributed by atoms with E-state index in [1.54, 1.807) is 47.7 Å². The van der Waals surface area contributed by atoms with E-state index in [0.29, 0.717) is 23.0 Å². The minimum Gasteiger partial charge on any atom is -0.325 e. The van der Waals surface area contributed by atoms with Crippen molar-refractivity contribution in [3.63, 3.8) is 0 Å². The number of aromatic nitrogens is 2. The van der Waals surface area contributed by atoms with E-state index in [0.717, 1.165) is 4.88 Å². The molecule has 0 spiro atoms. The first kappa shape index (κ1) is 18.9. The summed E-state index contributed by atoms with van der Waals surface area (Å²) < 4.78 is 2.58. The molecule has 7 heteroatoms. The van der Waals surface area contributed by atoms with Crippen LogP contribution in [-0.4, -0.2) is 15.0 Å². The molecule has 0 saturated heterocycles. The Hall–Kier alpha value is -3.45. The van der Waals surface area contributed by atoms with Gasteiger partial charge in [0.2, 0.25) is 5.91 Å². The van der Waals surface area contributed by atoms with Gasteiger partial charge in [0.25, 0.3) is 5.56 Å². The molecule has 2 heterocycles. The largest absolute Gasteiger partial charge is 0.331 e. The molecule has 2 aromatic carbocycles. The van der Waals surface area contributed by atoms with Gasteiger partial charge in [0.1, 0.15) is 6.54 Å². The van der Waals surface area contributed by atoms with Crippen molar-refractivity contribution in [1.29, 1.82) is 0 Å². The number of hydrogen-bond acceptors (Lipinski definition) is 4. The van der Waals surface area contributed by atoms with E-state index >= 15 is 0 Å². The summed E-state index contributed by atoms with van der Waals surface area (Å²) in [5.74, 6) is -0.327. The Morgan fingerprint density at radius 2 is 1.66 bits per heavy atom. The van der Waals surface area contributed by atoms with Crippen molar-refractivity contribution < 1.29 is 4.79 Å². The smallest absolute Gasteiger partial charge is 0.325 e. The van der Waals surface area contributed by atoms with Gasteiger partial charge in [-0.3, -0.25) is 18.7 Å². The molecule has 4 rings (SSSR count). The summed E-state index contributed by atoms with van der Waals surface area (Å²) in [7, 11) is 0. The van der Waals surface area contributed by atoms with E-state index in [9.17, 15) is 14.4 Å². The number of anilines is 1. The van der Waals surface area contributed by atoms with Crippen LogP contribution in [0.15, 0.2) is 81.7 Å². The molecule has 0 aliphatic heterocycles. The van der Waals surface area contributed by atoms with Gasteiger partial charge < -0.3 is 5.32 Å². The van der Waals surface area contributed by atoms with E-state index in [2.05, 4.69) is 5.32 Å². The number of amides is 1. The molecule has 0 aliphatic carbocycles. The van der Waals surface area contributed by atoms with Crippen molar-refractivity contribution in [2.75, 3.05) is 5.32 Å². The number of hydrogen-bond donors (Lipinski definition) is 1. The Bertz CT molecular complexity index is 1260. The average Bonchev–Trinajstić information content (AvgIpc) is 3.25. The summed E-state index contributed by atoms with van der Waals surface area (Å²) in [5.41, 5.74) is 0.300. The molecular weight excluding hydrogens is 386 g/mol. The quantitative estimate of drug-likeness (QED) is 0.536. The molecule has 2 aromatic heterocycles. The fraction of sp³-hybridized carbons (Fsp3) is 0.136. The SMILES string of the molecule is O=C(Cn1c(=O)n(CCc2cccs2)c(=O)c2ccccc21)Nc1ccccc1. The molecule has 29 heavy (non-hydrogen) atoms. The number of nitrogens with one attached hydrogen (secondary N) is 1. The summed E-state index contributed by atoms with van der Waals surface area (Å²) in [6.45, 7) is 0.0941. The highest BCUT2D eigenvalue weighted by Gasteiger charge is 2.15. The average molecular weight is 405 g/mol. The molecule has 1 N–H and O–H groups in total. The van der Waals surface area contributed by atoms with Gasteiger partial charge >= 0.3 is 5.69 Å². The van der Waals surface area contributed by atoms with Crippen LogP contribution in [0.25, 0.3) is 10.9 Å². The second-order valence-electron chi connectivity index (χ2n) is 6.59. The third kappa shape index (κ3) is 4.05. The summed E-state index contributed by atoms with van der Waals surface area (Å²) in [6, 6.07) is 19.9. The Morgan fingerprint density at radius 1 is 0.897 bits per heavy atom. The lowest BCUT2D eigenvalue weighted by molar-refractivity contribution is -0.116. The highest BCUT2D eigenvalue weighted by molar-refractivity contribution is 7.09. The molecule has 0 saturated carbocycles. The van der Waals surface area contributed by atoms with E-state index in [-0.39, 0.29) is 24.6 Å². The standard InChI is InChI=1S/C22H19N3O3S/c26-20(23-16-7-2-1-3-8-16)15-25-19-11-5-4-10-18(19)21(27)24(22(25)28)13-12-17-9-6-14-29-17/h1-11,14H,12-13,15H2,(H,23,26). The third-order valence-corrected chi connectivity index (χ3v) is 5.59. The zero-order valence-corrected chi connectivity index (χ0v) is 16.4. The molecule has 0 radical (unpaired) electrons. The van der Waals surface area contributed by atoms with Crippen molar-refractivity contribution >= 4 is 33.8 Å². The molecule has 4 aromatic rings. The zero-order valence-electron chi connectivity index (χ0n) is 15.6. The number of aryl methyl sites for hydroxylation is 1. The number of thiophene rings is 1. The number of carbonyl (C=O) groups is 1. The molecule has 146 valence electrons. The minimum absolute atomic E-state index is 0.173. The predicted molar refractivity (Wildman–Crippen MR) is 116 cm³/mol.